The summed E-state index contributed by atoms with van der Waals surface area (Å²) >= 11 is 0. The molecule has 0 N–H and O–H groups in total. The molecule has 0 saturated carbocycles. The molecule has 0 aliphatic carbocycles. The van der Waals surface area contributed by atoms with Crippen LogP contribution in [0.15, 0.2) is 46.9 Å². The quantitative estimate of drug-likeness (QED) is 0.657. The third-order valence-electron chi connectivity index (χ3n) is 3.78. The zero-order valence-corrected chi connectivity index (χ0v) is 10.8. The van der Waals surface area contributed by atoms with Gasteiger partial charge in [-0.1, -0.05) is 24.3 Å². The fourth-order valence-corrected chi connectivity index (χ4v) is 2.78. The number of hydrogen-bond acceptors (Lipinski definition) is 3. The van der Waals surface area contributed by atoms with E-state index in [-0.39, 0.29) is 0 Å². The first-order chi connectivity index (χ1) is 9.33. The number of aryl methyl sites for hydroxylation is 1. The first kappa shape index (κ1) is 10.6. The molecular formula is C16H14N2O. The standard InChI is InChI=1S/C16H14N2O/c1-11-5-4-7-14-12(11)9-10-18(14)16-17-13-6-2-3-8-15(13)19-16/h2-8H,9-10H2,1H3. The highest BCUT2D eigenvalue weighted by atomic mass is 16.4. The van der Waals surface area contributed by atoms with E-state index in [1.807, 2.05) is 24.3 Å². The van der Waals surface area contributed by atoms with Gasteiger partial charge in [0.1, 0.15) is 5.52 Å². The Morgan fingerprint density at radius 1 is 1.11 bits per heavy atom. The first-order valence-electron chi connectivity index (χ1n) is 6.54. The lowest BCUT2D eigenvalue weighted by Gasteiger charge is -2.14. The van der Waals surface area contributed by atoms with Crippen LogP contribution in [0, 0.1) is 6.92 Å². The van der Waals surface area contributed by atoms with Crippen LogP contribution in [-0.2, 0) is 6.42 Å². The van der Waals surface area contributed by atoms with Crippen molar-refractivity contribution >= 4 is 22.8 Å². The van der Waals surface area contributed by atoms with Crippen LogP contribution >= 0.6 is 0 Å². The fourth-order valence-electron chi connectivity index (χ4n) is 2.78. The maximum Gasteiger partial charge on any atom is 0.303 e. The molecule has 0 unspecified atom stereocenters. The van der Waals surface area contributed by atoms with Gasteiger partial charge in [0.15, 0.2) is 5.58 Å². The molecule has 3 aromatic rings. The van der Waals surface area contributed by atoms with Crippen LogP contribution in [-0.4, -0.2) is 11.5 Å². The van der Waals surface area contributed by atoms with Gasteiger partial charge in [-0.05, 0) is 42.7 Å². The zero-order valence-electron chi connectivity index (χ0n) is 10.8. The largest absolute Gasteiger partial charge is 0.423 e. The highest BCUT2D eigenvalue weighted by molar-refractivity contribution is 5.77. The molecule has 0 atom stereocenters. The molecule has 1 aromatic heterocycles. The van der Waals surface area contributed by atoms with Gasteiger partial charge >= 0.3 is 6.01 Å². The first-order valence-corrected chi connectivity index (χ1v) is 6.54. The minimum absolute atomic E-state index is 0.700. The number of nitrogens with zero attached hydrogens (tertiary/aromatic N) is 2. The maximum atomic E-state index is 5.86. The smallest absolute Gasteiger partial charge is 0.303 e. The molecule has 1 aliphatic rings. The minimum atomic E-state index is 0.700. The van der Waals surface area contributed by atoms with Gasteiger partial charge in [-0.2, -0.15) is 4.98 Å². The second-order valence-corrected chi connectivity index (χ2v) is 4.94. The van der Waals surface area contributed by atoms with Gasteiger partial charge in [0.05, 0.1) is 0 Å². The Labute approximate surface area is 111 Å². The lowest BCUT2D eigenvalue weighted by Crippen LogP contribution is -2.13. The average Bonchev–Trinajstić information content (AvgIpc) is 3.02. The molecule has 0 saturated heterocycles. The van der Waals surface area contributed by atoms with Gasteiger partial charge in [-0.25, -0.2) is 0 Å². The number of rotatable bonds is 1. The van der Waals surface area contributed by atoms with Crippen molar-refractivity contribution in [3.05, 3.63) is 53.6 Å². The number of para-hydroxylation sites is 2. The topological polar surface area (TPSA) is 29.3 Å². The van der Waals surface area contributed by atoms with E-state index in [9.17, 15) is 0 Å². The molecule has 19 heavy (non-hydrogen) atoms. The molecule has 94 valence electrons. The Balaban J connectivity index is 1.85. The molecule has 0 amide bonds. The second kappa shape index (κ2) is 3.85. The van der Waals surface area contributed by atoms with Gasteiger partial charge in [0.25, 0.3) is 0 Å². The molecule has 3 nitrogen and oxygen atoms in total. The molecule has 4 rings (SSSR count). The lowest BCUT2D eigenvalue weighted by molar-refractivity contribution is 0.597. The van der Waals surface area contributed by atoms with Crippen LogP contribution in [0.2, 0.25) is 0 Å². The Kier molecular flexibility index (Phi) is 2.15. The Bertz CT molecular complexity index is 727. The second-order valence-electron chi connectivity index (χ2n) is 4.94. The van der Waals surface area contributed by atoms with Crippen LogP contribution in [0.3, 0.4) is 0 Å². The van der Waals surface area contributed by atoms with Gasteiger partial charge in [0.2, 0.25) is 0 Å². The zero-order chi connectivity index (χ0) is 12.8. The fraction of sp³-hybridized carbons (Fsp3) is 0.188. The van der Waals surface area contributed by atoms with Crippen LogP contribution in [0.25, 0.3) is 11.1 Å². The molecule has 2 aromatic carbocycles. The lowest BCUT2D eigenvalue weighted by atomic mass is 10.1. The number of fused-ring (bicyclic) bond motifs is 2. The van der Waals surface area contributed by atoms with Crippen molar-refractivity contribution in [2.75, 3.05) is 11.4 Å². The molecule has 0 radical (unpaired) electrons. The molecule has 0 fully saturated rings. The van der Waals surface area contributed by atoms with Gasteiger partial charge in [-0.15, -0.1) is 0 Å². The van der Waals surface area contributed by atoms with Crippen LogP contribution in [0.4, 0.5) is 11.7 Å². The summed E-state index contributed by atoms with van der Waals surface area (Å²) in [4.78, 5) is 6.75. The van der Waals surface area contributed by atoms with Crippen molar-refractivity contribution in [1.82, 2.24) is 4.98 Å². The van der Waals surface area contributed by atoms with Crippen molar-refractivity contribution < 1.29 is 4.42 Å². The SMILES string of the molecule is Cc1cccc2c1CCN2c1nc2ccccc2o1. The minimum Gasteiger partial charge on any atom is -0.423 e. The summed E-state index contributed by atoms with van der Waals surface area (Å²) in [6.45, 7) is 3.10. The maximum absolute atomic E-state index is 5.86. The number of oxazole rings is 1. The molecule has 0 spiro atoms. The van der Waals surface area contributed by atoms with E-state index in [0.717, 1.165) is 24.1 Å². The summed E-state index contributed by atoms with van der Waals surface area (Å²) in [6, 6.07) is 15.0. The summed E-state index contributed by atoms with van der Waals surface area (Å²) in [5, 5.41) is 0. The Morgan fingerprint density at radius 3 is 2.89 bits per heavy atom. The summed E-state index contributed by atoms with van der Waals surface area (Å²) < 4.78 is 5.86. The van der Waals surface area contributed by atoms with Crippen molar-refractivity contribution in [2.24, 2.45) is 0 Å². The van der Waals surface area contributed by atoms with Crippen LogP contribution < -0.4 is 4.90 Å². The van der Waals surface area contributed by atoms with E-state index in [2.05, 4.69) is 35.0 Å². The highest BCUT2D eigenvalue weighted by Crippen LogP contribution is 2.36. The third kappa shape index (κ3) is 1.55. The van der Waals surface area contributed by atoms with E-state index < -0.39 is 0 Å². The monoisotopic (exact) mass is 250 g/mol. The highest BCUT2D eigenvalue weighted by Gasteiger charge is 2.25. The number of aromatic nitrogens is 1. The van der Waals surface area contributed by atoms with Crippen LogP contribution in [0.1, 0.15) is 11.1 Å². The molecule has 0 bridgehead atoms. The normalized spacial score (nSPS) is 14.1. The molecular weight excluding hydrogens is 236 g/mol. The number of benzene rings is 2. The van der Waals surface area contributed by atoms with Crippen molar-refractivity contribution in [3.63, 3.8) is 0 Å². The number of anilines is 2. The predicted octanol–water partition coefficient (Wildman–Crippen LogP) is 3.83. The average molecular weight is 250 g/mol. The molecule has 3 heteroatoms. The Morgan fingerprint density at radius 2 is 2.00 bits per heavy atom. The third-order valence-corrected chi connectivity index (χ3v) is 3.78. The summed E-state index contributed by atoms with van der Waals surface area (Å²) in [6.07, 6.45) is 1.06. The van der Waals surface area contributed by atoms with Crippen molar-refractivity contribution in [3.8, 4) is 0 Å². The van der Waals surface area contributed by atoms with Crippen LogP contribution in [0.5, 0.6) is 0 Å². The summed E-state index contributed by atoms with van der Waals surface area (Å²) in [7, 11) is 0. The van der Waals surface area contributed by atoms with Gasteiger partial charge in [-0.3, -0.25) is 4.90 Å². The van der Waals surface area contributed by atoms with E-state index >= 15 is 0 Å². The van der Waals surface area contributed by atoms with E-state index in [0.29, 0.717) is 6.01 Å². The van der Waals surface area contributed by atoms with E-state index in [4.69, 9.17) is 4.42 Å². The predicted molar refractivity (Wildman–Crippen MR) is 75.9 cm³/mol. The summed E-state index contributed by atoms with van der Waals surface area (Å²) in [5.74, 6) is 0. The van der Waals surface area contributed by atoms with Gasteiger partial charge in [0, 0.05) is 12.2 Å². The Hall–Kier alpha value is -2.29. The van der Waals surface area contributed by atoms with Crippen molar-refractivity contribution in [2.45, 2.75) is 13.3 Å². The van der Waals surface area contributed by atoms with Gasteiger partial charge < -0.3 is 4.42 Å². The molecule has 1 aliphatic heterocycles. The van der Waals surface area contributed by atoms with E-state index in [1.54, 1.807) is 0 Å². The van der Waals surface area contributed by atoms with Crippen molar-refractivity contribution in [1.29, 1.82) is 0 Å². The number of hydrogen-bond donors (Lipinski definition) is 0. The summed E-state index contributed by atoms with van der Waals surface area (Å²) in [5.41, 5.74) is 5.74. The van der Waals surface area contributed by atoms with E-state index in [1.165, 1.54) is 16.8 Å². The molecule has 2 heterocycles.